The van der Waals surface area contributed by atoms with Crippen LogP contribution in [-0.4, -0.2) is 19.0 Å². The number of benzene rings is 1. The molecule has 1 heterocycles. The van der Waals surface area contributed by atoms with E-state index in [2.05, 4.69) is 0 Å². The van der Waals surface area contributed by atoms with Crippen LogP contribution in [0.3, 0.4) is 0 Å². The second-order valence-corrected chi connectivity index (χ2v) is 6.09. The molecule has 0 bridgehead atoms. The van der Waals surface area contributed by atoms with E-state index in [4.69, 9.17) is 21.1 Å². The Balaban J connectivity index is 2.16. The zero-order valence-corrected chi connectivity index (χ0v) is 14.0. The lowest BCUT2D eigenvalue weighted by atomic mass is 10.1. The molecule has 0 radical (unpaired) electrons. The van der Waals surface area contributed by atoms with E-state index in [0.29, 0.717) is 33.9 Å². The van der Waals surface area contributed by atoms with Gasteiger partial charge < -0.3 is 9.47 Å². The molecule has 0 aliphatic carbocycles. The van der Waals surface area contributed by atoms with Crippen molar-refractivity contribution in [1.82, 2.24) is 0 Å². The molecule has 0 N–H and O–H groups in total. The minimum atomic E-state index is -0.0660. The van der Waals surface area contributed by atoms with Gasteiger partial charge in [-0.3, -0.25) is 4.79 Å². The van der Waals surface area contributed by atoms with Crippen molar-refractivity contribution < 1.29 is 14.3 Å². The van der Waals surface area contributed by atoms with Crippen molar-refractivity contribution in [3.8, 4) is 11.5 Å². The van der Waals surface area contributed by atoms with Crippen molar-refractivity contribution in [3.63, 3.8) is 0 Å². The second-order valence-electron chi connectivity index (χ2n) is 4.37. The molecule has 1 aromatic heterocycles. The molecule has 22 heavy (non-hydrogen) atoms. The van der Waals surface area contributed by atoms with E-state index in [-0.39, 0.29) is 5.78 Å². The van der Waals surface area contributed by atoms with Crippen LogP contribution >= 0.6 is 22.9 Å². The smallest absolute Gasteiger partial charge is 0.195 e. The molecular formula is C17H17ClO3S. The first kappa shape index (κ1) is 16.6. The summed E-state index contributed by atoms with van der Waals surface area (Å²) in [7, 11) is 0. The van der Waals surface area contributed by atoms with Gasteiger partial charge in [0.2, 0.25) is 0 Å². The number of rotatable bonds is 7. The molecule has 0 amide bonds. The van der Waals surface area contributed by atoms with Crippen molar-refractivity contribution in [2.24, 2.45) is 0 Å². The van der Waals surface area contributed by atoms with Crippen LogP contribution in [0.4, 0.5) is 0 Å². The summed E-state index contributed by atoms with van der Waals surface area (Å²) in [5.41, 5.74) is 0.878. The average molecular weight is 337 g/mol. The number of ether oxygens (including phenoxy) is 2. The maximum absolute atomic E-state index is 12.0. The number of halogens is 1. The van der Waals surface area contributed by atoms with Gasteiger partial charge in [0.05, 0.1) is 22.4 Å². The summed E-state index contributed by atoms with van der Waals surface area (Å²) < 4.78 is 11.7. The predicted molar refractivity (Wildman–Crippen MR) is 91.5 cm³/mol. The zero-order valence-electron chi connectivity index (χ0n) is 12.5. The van der Waals surface area contributed by atoms with Gasteiger partial charge in [-0.15, -0.1) is 11.3 Å². The second kappa shape index (κ2) is 8.01. The molecule has 116 valence electrons. The third-order valence-electron chi connectivity index (χ3n) is 2.81. The molecule has 1 aromatic carbocycles. The number of carbonyl (C=O) groups excluding carboxylic acids is 1. The van der Waals surface area contributed by atoms with Crippen molar-refractivity contribution in [2.75, 3.05) is 13.2 Å². The summed E-state index contributed by atoms with van der Waals surface area (Å²) in [4.78, 5) is 12.6. The number of allylic oxidation sites excluding steroid dienone is 1. The Bertz CT molecular complexity index is 676. The normalized spacial score (nSPS) is 10.9. The van der Waals surface area contributed by atoms with Gasteiger partial charge in [0.25, 0.3) is 0 Å². The summed E-state index contributed by atoms with van der Waals surface area (Å²) in [6.45, 7) is 4.98. The largest absolute Gasteiger partial charge is 0.490 e. The van der Waals surface area contributed by atoms with E-state index < -0.39 is 0 Å². The third-order valence-corrected chi connectivity index (χ3v) is 4.06. The first-order valence-electron chi connectivity index (χ1n) is 7.01. The summed E-state index contributed by atoms with van der Waals surface area (Å²) in [5, 5.41) is 0. The standard InChI is InChI=1S/C17H17ClO3S/c1-3-20-14-8-6-12(11-15(14)21-4-2)5-7-13(19)16-9-10-17(18)22-16/h5-11H,3-4H2,1-2H3/b7-5+. The van der Waals surface area contributed by atoms with Gasteiger partial charge in [0.15, 0.2) is 17.3 Å². The van der Waals surface area contributed by atoms with Crippen LogP contribution in [-0.2, 0) is 0 Å². The fourth-order valence-electron chi connectivity index (χ4n) is 1.87. The minimum absolute atomic E-state index is 0.0660. The van der Waals surface area contributed by atoms with Crippen LogP contribution in [0.15, 0.2) is 36.4 Å². The Labute approximate surface area is 139 Å². The van der Waals surface area contributed by atoms with Crippen molar-refractivity contribution in [2.45, 2.75) is 13.8 Å². The van der Waals surface area contributed by atoms with E-state index in [1.54, 1.807) is 18.2 Å². The fourth-order valence-corrected chi connectivity index (χ4v) is 2.84. The zero-order chi connectivity index (χ0) is 15.9. The molecular weight excluding hydrogens is 320 g/mol. The number of thiophene rings is 1. The van der Waals surface area contributed by atoms with Crippen molar-refractivity contribution in [1.29, 1.82) is 0 Å². The number of hydrogen-bond donors (Lipinski definition) is 0. The van der Waals surface area contributed by atoms with E-state index in [0.717, 1.165) is 5.56 Å². The topological polar surface area (TPSA) is 35.5 Å². The Morgan fingerprint density at radius 3 is 2.50 bits per heavy atom. The maximum Gasteiger partial charge on any atom is 0.195 e. The lowest BCUT2D eigenvalue weighted by Crippen LogP contribution is -1.98. The molecule has 2 rings (SSSR count). The first-order chi connectivity index (χ1) is 10.6. The van der Waals surface area contributed by atoms with Gasteiger partial charge in [-0.25, -0.2) is 0 Å². The van der Waals surface area contributed by atoms with Crippen LogP contribution in [0.5, 0.6) is 11.5 Å². The van der Waals surface area contributed by atoms with E-state index in [9.17, 15) is 4.79 Å². The Kier molecular flexibility index (Phi) is 6.04. The quantitative estimate of drug-likeness (QED) is 0.521. The van der Waals surface area contributed by atoms with E-state index in [1.807, 2.05) is 32.0 Å². The Morgan fingerprint density at radius 1 is 1.14 bits per heavy atom. The van der Waals surface area contributed by atoms with Gasteiger partial charge in [0, 0.05) is 0 Å². The molecule has 0 saturated heterocycles. The molecule has 0 aliphatic heterocycles. The fraction of sp³-hybridized carbons (Fsp3) is 0.235. The Hall–Kier alpha value is -1.78. The SMILES string of the molecule is CCOc1ccc(/C=C/C(=O)c2ccc(Cl)s2)cc1OCC. The summed E-state index contributed by atoms with van der Waals surface area (Å²) in [6, 6.07) is 9.04. The summed E-state index contributed by atoms with van der Waals surface area (Å²) >= 11 is 7.11. The molecule has 5 heteroatoms. The third kappa shape index (κ3) is 4.36. The molecule has 0 unspecified atom stereocenters. The number of carbonyl (C=O) groups is 1. The predicted octanol–water partition coefficient (Wildman–Crippen LogP) is 5.10. The maximum atomic E-state index is 12.0. The van der Waals surface area contributed by atoms with Gasteiger partial charge >= 0.3 is 0 Å². The van der Waals surface area contributed by atoms with E-state index in [1.165, 1.54) is 17.4 Å². The monoisotopic (exact) mass is 336 g/mol. The van der Waals surface area contributed by atoms with Crippen LogP contribution < -0.4 is 9.47 Å². The lowest BCUT2D eigenvalue weighted by molar-refractivity contribution is 0.105. The highest BCUT2D eigenvalue weighted by molar-refractivity contribution is 7.18. The highest BCUT2D eigenvalue weighted by Crippen LogP contribution is 2.29. The number of hydrogen-bond acceptors (Lipinski definition) is 4. The molecule has 0 saturated carbocycles. The van der Waals surface area contributed by atoms with Crippen molar-refractivity contribution in [3.05, 3.63) is 51.2 Å². The van der Waals surface area contributed by atoms with Crippen LogP contribution in [0, 0.1) is 0 Å². The molecule has 3 nitrogen and oxygen atoms in total. The molecule has 0 atom stereocenters. The van der Waals surface area contributed by atoms with Gasteiger partial charge in [0.1, 0.15) is 0 Å². The van der Waals surface area contributed by atoms with E-state index >= 15 is 0 Å². The molecule has 0 aliphatic rings. The van der Waals surface area contributed by atoms with Crippen LogP contribution in [0.2, 0.25) is 4.34 Å². The van der Waals surface area contributed by atoms with Gasteiger partial charge in [-0.1, -0.05) is 23.7 Å². The van der Waals surface area contributed by atoms with Crippen LogP contribution in [0.1, 0.15) is 29.1 Å². The average Bonchev–Trinajstić information content (AvgIpc) is 2.94. The highest BCUT2D eigenvalue weighted by atomic mass is 35.5. The molecule has 0 spiro atoms. The first-order valence-corrected chi connectivity index (χ1v) is 8.21. The summed E-state index contributed by atoms with van der Waals surface area (Å²) in [5.74, 6) is 1.32. The van der Waals surface area contributed by atoms with Gasteiger partial charge in [-0.2, -0.15) is 0 Å². The lowest BCUT2D eigenvalue weighted by Gasteiger charge is -2.11. The van der Waals surface area contributed by atoms with Crippen molar-refractivity contribution >= 4 is 34.8 Å². The highest BCUT2D eigenvalue weighted by Gasteiger charge is 2.07. The van der Waals surface area contributed by atoms with Gasteiger partial charge in [-0.05, 0) is 49.8 Å². The number of ketones is 1. The van der Waals surface area contributed by atoms with Crippen LogP contribution in [0.25, 0.3) is 6.08 Å². The summed E-state index contributed by atoms with van der Waals surface area (Å²) in [6.07, 6.45) is 3.29. The Morgan fingerprint density at radius 2 is 1.86 bits per heavy atom. The minimum Gasteiger partial charge on any atom is -0.490 e. The molecule has 0 fully saturated rings. The molecule has 2 aromatic rings.